The number of carbonyl (C=O) groups excluding carboxylic acids is 2. The van der Waals surface area contributed by atoms with Crippen LogP contribution in [0.1, 0.15) is 44.9 Å². The molecule has 0 aliphatic heterocycles. The molecule has 1 heterocycles. The lowest BCUT2D eigenvalue weighted by Crippen LogP contribution is -2.46. The molecule has 164 valence electrons. The number of carbonyl (C=O) groups is 2. The van der Waals surface area contributed by atoms with Crippen molar-refractivity contribution >= 4 is 17.6 Å². The molecule has 3 amide bonds. The van der Waals surface area contributed by atoms with E-state index in [9.17, 15) is 9.59 Å². The van der Waals surface area contributed by atoms with Crippen LogP contribution in [0.5, 0.6) is 0 Å². The van der Waals surface area contributed by atoms with Crippen LogP contribution in [-0.4, -0.2) is 45.9 Å². The van der Waals surface area contributed by atoms with Gasteiger partial charge in [0, 0.05) is 37.7 Å². The van der Waals surface area contributed by atoms with E-state index in [2.05, 4.69) is 26.1 Å². The molecule has 30 heavy (non-hydrogen) atoms. The fourth-order valence-electron chi connectivity index (χ4n) is 3.26. The number of anilines is 1. The van der Waals surface area contributed by atoms with Gasteiger partial charge in [0.1, 0.15) is 6.54 Å². The lowest BCUT2D eigenvalue weighted by atomic mass is 10.2. The number of nitrogens with zero attached hydrogens (tertiary/aromatic N) is 3. The smallest absolute Gasteiger partial charge is 0.322 e. The van der Waals surface area contributed by atoms with E-state index in [0.717, 1.165) is 29.8 Å². The second-order valence-corrected chi connectivity index (χ2v) is 8.35. The third-order valence-corrected chi connectivity index (χ3v) is 5.04. The minimum atomic E-state index is -0.241. The second kappa shape index (κ2) is 11.4. The lowest BCUT2D eigenvalue weighted by Gasteiger charge is -2.29. The summed E-state index contributed by atoms with van der Waals surface area (Å²) in [5, 5.41) is 2.93. The Kier molecular flexibility index (Phi) is 8.96. The number of aryl methyl sites for hydroxylation is 2. The van der Waals surface area contributed by atoms with Crippen molar-refractivity contribution in [2.24, 2.45) is 13.0 Å². The average Bonchev–Trinajstić information content (AvgIpc) is 3.10. The third-order valence-electron chi connectivity index (χ3n) is 5.04. The molecule has 0 atom stereocenters. The summed E-state index contributed by atoms with van der Waals surface area (Å²) in [6, 6.07) is 11.5. The summed E-state index contributed by atoms with van der Waals surface area (Å²) in [6.45, 7) is 10.1. The molecule has 0 saturated heterocycles. The van der Waals surface area contributed by atoms with Gasteiger partial charge in [-0.15, -0.1) is 0 Å². The standard InChI is InChI=1S/C24H36N4O2/c1-6-7-15-27(17-22-9-8-14-26(22)5)23(29)18-28(16-19(2)3)24(30)25-21-12-10-20(4)11-13-21/h8-14,19H,6-7,15-18H2,1-5H3,(H,25,30). The summed E-state index contributed by atoms with van der Waals surface area (Å²) in [5.74, 6) is 0.239. The van der Waals surface area contributed by atoms with Crippen molar-refractivity contribution in [1.29, 1.82) is 0 Å². The van der Waals surface area contributed by atoms with Crippen LogP contribution in [0, 0.1) is 12.8 Å². The summed E-state index contributed by atoms with van der Waals surface area (Å²) >= 11 is 0. The van der Waals surface area contributed by atoms with Crippen LogP contribution in [0.15, 0.2) is 42.6 Å². The van der Waals surface area contributed by atoms with E-state index in [1.165, 1.54) is 0 Å². The minimum Gasteiger partial charge on any atom is -0.353 e. The molecule has 2 rings (SSSR count). The number of benzene rings is 1. The molecular weight excluding hydrogens is 376 g/mol. The topological polar surface area (TPSA) is 57.6 Å². The van der Waals surface area contributed by atoms with Gasteiger partial charge in [-0.3, -0.25) is 4.79 Å². The Hall–Kier alpha value is -2.76. The number of unbranched alkanes of at least 4 members (excludes halogenated alkanes) is 1. The Morgan fingerprint density at radius 2 is 1.80 bits per heavy atom. The zero-order valence-electron chi connectivity index (χ0n) is 19.0. The van der Waals surface area contributed by atoms with Crippen molar-refractivity contribution in [1.82, 2.24) is 14.4 Å². The molecule has 1 aromatic carbocycles. The van der Waals surface area contributed by atoms with Gasteiger partial charge in [-0.05, 0) is 43.5 Å². The van der Waals surface area contributed by atoms with Crippen molar-refractivity contribution in [3.63, 3.8) is 0 Å². The summed E-state index contributed by atoms with van der Waals surface area (Å²) in [7, 11) is 1.98. The fraction of sp³-hybridized carbons (Fsp3) is 0.500. The first-order chi connectivity index (χ1) is 14.3. The Balaban J connectivity index is 2.10. The van der Waals surface area contributed by atoms with E-state index in [4.69, 9.17) is 0 Å². The van der Waals surface area contributed by atoms with Crippen LogP contribution >= 0.6 is 0 Å². The van der Waals surface area contributed by atoms with E-state index in [-0.39, 0.29) is 24.4 Å². The number of hydrogen-bond acceptors (Lipinski definition) is 2. The molecule has 0 aliphatic carbocycles. The number of rotatable bonds is 10. The summed E-state index contributed by atoms with van der Waals surface area (Å²) in [4.78, 5) is 29.6. The van der Waals surface area contributed by atoms with Crippen molar-refractivity contribution in [3.8, 4) is 0 Å². The number of hydrogen-bond donors (Lipinski definition) is 1. The molecule has 1 aromatic heterocycles. The molecule has 0 radical (unpaired) electrons. The van der Waals surface area contributed by atoms with Crippen LogP contribution < -0.4 is 5.32 Å². The maximum Gasteiger partial charge on any atom is 0.322 e. The predicted octanol–water partition coefficient (Wildman–Crippen LogP) is 4.65. The van der Waals surface area contributed by atoms with Crippen LogP contribution in [0.3, 0.4) is 0 Å². The lowest BCUT2D eigenvalue weighted by molar-refractivity contribution is -0.132. The van der Waals surface area contributed by atoms with Gasteiger partial charge in [-0.2, -0.15) is 0 Å². The molecule has 0 fully saturated rings. The summed E-state index contributed by atoms with van der Waals surface area (Å²) in [5.41, 5.74) is 2.95. The second-order valence-electron chi connectivity index (χ2n) is 8.35. The fourth-order valence-corrected chi connectivity index (χ4v) is 3.26. The molecule has 0 unspecified atom stereocenters. The van der Waals surface area contributed by atoms with Crippen molar-refractivity contribution in [2.75, 3.05) is 25.0 Å². The van der Waals surface area contributed by atoms with Gasteiger partial charge < -0.3 is 19.7 Å². The van der Waals surface area contributed by atoms with E-state index >= 15 is 0 Å². The molecular formula is C24H36N4O2. The number of aromatic nitrogens is 1. The first-order valence-corrected chi connectivity index (χ1v) is 10.8. The molecule has 0 saturated carbocycles. The predicted molar refractivity (Wildman–Crippen MR) is 122 cm³/mol. The maximum absolute atomic E-state index is 13.2. The SMILES string of the molecule is CCCCN(Cc1cccn1C)C(=O)CN(CC(C)C)C(=O)Nc1ccc(C)cc1. The molecule has 0 aliphatic rings. The Morgan fingerprint density at radius 1 is 1.10 bits per heavy atom. The van der Waals surface area contributed by atoms with Crippen LogP contribution in [0.2, 0.25) is 0 Å². The maximum atomic E-state index is 13.2. The van der Waals surface area contributed by atoms with Crippen LogP contribution in [0.4, 0.5) is 10.5 Å². The van der Waals surface area contributed by atoms with Gasteiger partial charge in [0.15, 0.2) is 0 Å². The Labute approximate surface area is 180 Å². The minimum absolute atomic E-state index is 0.0237. The normalized spacial score (nSPS) is 10.9. The van der Waals surface area contributed by atoms with E-state index in [1.807, 2.05) is 66.0 Å². The van der Waals surface area contributed by atoms with Crippen LogP contribution in [0.25, 0.3) is 0 Å². The molecule has 1 N–H and O–H groups in total. The Morgan fingerprint density at radius 3 is 2.37 bits per heavy atom. The zero-order chi connectivity index (χ0) is 22.1. The van der Waals surface area contributed by atoms with E-state index in [0.29, 0.717) is 19.6 Å². The monoisotopic (exact) mass is 412 g/mol. The largest absolute Gasteiger partial charge is 0.353 e. The number of amides is 3. The molecule has 6 nitrogen and oxygen atoms in total. The molecule has 6 heteroatoms. The first kappa shape index (κ1) is 23.5. The number of urea groups is 1. The van der Waals surface area contributed by atoms with Gasteiger partial charge in [-0.1, -0.05) is 44.9 Å². The first-order valence-electron chi connectivity index (χ1n) is 10.8. The average molecular weight is 413 g/mol. The third kappa shape index (κ3) is 7.25. The van der Waals surface area contributed by atoms with E-state index < -0.39 is 0 Å². The Bertz CT molecular complexity index is 811. The van der Waals surface area contributed by atoms with Gasteiger partial charge in [0.05, 0.1) is 6.54 Å². The van der Waals surface area contributed by atoms with Crippen molar-refractivity contribution in [3.05, 3.63) is 53.9 Å². The van der Waals surface area contributed by atoms with Gasteiger partial charge in [0.2, 0.25) is 5.91 Å². The van der Waals surface area contributed by atoms with Crippen molar-refractivity contribution < 1.29 is 9.59 Å². The van der Waals surface area contributed by atoms with Crippen LogP contribution in [-0.2, 0) is 18.4 Å². The molecule has 0 spiro atoms. The molecule has 2 aromatic rings. The van der Waals surface area contributed by atoms with Gasteiger partial charge in [-0.25, -0.2) is 4.79 Å². The van der Waals surface area contributed by atoms with Gasteiger partial charge in [0.25, 0.3) is 0 Å². The summed E-state index contributed by atoms with van der Waals surface area (Å²) in [6.07, 6.45) is 3.94. The molecule has 0 bridgehead atoms. The summed E-state index contributed by atoms with van der Waals surface area (Å²) < 4.78 is 2.03. The number of nitrogens with one attached hydrogen (secondary N) is 1. The highest BCUT2D eigenvalue weighted by molar-refractivity contribution is 5.92. The highest BCUT2D eigenvalue weighted by Gasteiger charge is 2.22. The zero-order valence-corrected chi connectivity index (χ0v) is 19.0. The highest BCUT2D eigenvalue weighted by atomic mass is 16.2. The quantitative estimate of drug-likeness (QED) is 0.617. The van der Waals surface area contributed by atoms with Gasteiger partial charge >= 0.3 is 6.03 Å². The highest BCUT2D eigenvalue weighted by Crippen LogP contribution is 2.12. The van der Waals surface area contributed by atoms with E-state index in [1.54, 1.807) is 4.90 Å². The van der Waals surface area contributed by atoms with Crippen molar-refractivity contribution in [2.45, 2.75) is 47.1 Å².